The first-order chi connectivity index (χ1) is 7.02. The van der Waals surface area contributed by atoms with E-state index in [0.29, 0.717) is 0 Å². The number of carbonyl (C=O) groups excluding carboxylic acids is 1. The van der Waals surface area contributed by atoms with Crippen molar-refractivity contribution in [3.05, 3.63) is 39.9 Å². The lowest BCUT2D eigenvalue weighted by atomic mass is 10.1. The molecule has 0 aromatic heterocycles. The molecule has 0 bridgehead atoms. The van der Waals surface area contributed by atoms with Crippen molar-refractivity contribution < 1.29 is 19.6 Å². The van der Waals surface area contributed by atoms with Gasteiger partial charge in [-0.3, -0.25) is 20.2 Å². The van der Waals surface area contributed by atoms with Gasteiger partial charge in [-0.2, -0.15) is 0 Å². The van der Waals surface area contributed by atoms with E-state index in [4.69, 9.17) is 5.11 Å². The quantitative estimate of drug-likeness (QED) is 0.558. The molecule has 0 radical (unpaired) electrons. The smallest absolute Gasteiger partial charge is 0.411 e. The molecule has 0 fully saturated rings. The maximum absolute atomic E-state index is 11.2. The first-order valence-corrected chi connectivity index (χ1v) is 3.80. The van der Waals surface area contributed by atoms with Crippen LogP contribution in [0.15, 0.2) is 24.3 Å². The number of nitro benzene ring substituents is 1. The highest BCUT2D eigenvalue weighted by Gasteiger charge is 2.20. The lowest BCUT2D eigenvalue weighted by Crippen LogP contribution is -2.29. The van der Waals surface area contributed by atoms with Crippen molar-refractivity contribution in [3.8, 4) is 0 Å². The fraction of sp³-hybridized carbons (Fsp3) is 0. The van der Waals surface area contributed by atoms with Crippen molar-refractivity contribution in [2.24, 2.45) is 0 Å². The Morgan fingerprint density at radius 3 is 2.47 bits per heavy atom. The molecule has 1 rings (SSSR count). The third-order valence-corrected chi connectivity index (χ3v) is 1.57. The highest BCUT2D eigenvalue weighted by Crippen LogP contribution is 2.16. The number of nitrogens with one attached hydrogen (secondary N) is 1. The second-order valence-corrected chi connectivity index (χ2v) is 2.53. The molecule has 7 heteroatoms. The van der Waals surface area contributed by atoms with Crippen molar-refractivity contribution in [2.75, 3.05) is 0 Å². The average molecular weight is 210 g/mol. The normalized spacial score (nSPS) is 9.33. The average Bonchev–Trinajstić information content (AvgIpc) is 2.16. The molecular weight excluding hydrogens is 204 g/mol. The lowest BCUT2D eigenvalue weighted by molar-refractivity contribution is -0.385. The number of benzene rings is 1. The van der Waals surface area contributed by atoms with Crippen molar-refractivity contribution in [2.45, 2.75) is 0 Å². The number of nitrogens with zero attached hydrogens (tertiary/aromatic N) is 1. The second kappa shape index (κ2) is 4.18. The van der Waals surface area contributed by atoms with Crippen molar-refractivity contribution in [3.63, 3.8) is 0 Å². The molecule has 0 atom stereocenters. The van der Waals surface area contributed by atoms with Crippen molar-refractivity contribution in [1.82, 2.24) is 5.32 Å². The number of hydrogen-bond donors (Lipinski definition) is 2. The molecular formula is C8H6N2O5. The molecule has 0 unspecified atom stereocenters. The molecule has 0 spiro atoms. The van der Waals surface area contributed by atoms with E-state index in [1.807, 2.05) is 0 Å². The van der Waals surface area contributed by atoms with Crippen LogP contribution in [-0.4, -0.2) is 22.0 Å². The van der Waals surface area contributed by atoms with E-state index in [2.05, 4.69) is 0 Å². The van der Waals surface area contributed by atoms with Crippen LogP contribution < -0.4 is 5.32 Å². The number of rotatable bonds is 2. The van der Waals surface area contributed by atoms with Gasteiger partial charge < -0.3 is 5.11 Å². The van der Waals surface area contributed by atoms with E-state index in [9.17, 15) is 19.7 Å². The zero-order chi connectivity index (χ0) is 11.4. The Morgan fingerprint density at radius 2 is 1.93 bits per heavy atom. The van der Waals surface area contributed by atoms with Crippen LogP contribution in [0.3, 0.4) is 0 Å². The van der Waals surface area contributed by atoms with E-state index in [-0.39, 0.29) is 5.56 Å². The minimum absolute atomic E-state index is 0.287. The number of imide groups is 1. The number of amides is 2. The predicted octanol–water partition coefficient (Wildman–Crippen LogP) is 1.00. The van der Waals surface area contributed by atoms with E-state index in [0.717, 1.165) is 6.07 Å². The number of carboxylic acid groups (broad SMARTS) is 1. The summed E-state index contributed by atoms with van der Waals surface area (Å²) >= 11 is 0. The molecule has 0 aliphatic carbocycles. The molecule has 2 amide bonds. The van der Waals surface area contributed by atoms with Gasteiger partial charge in [-0.25, -0.2) is 4.79 Å². The van der Waals surface area contributed by atoms with Gasteiger partial charge in [0.05, 0.1) is 4.92 Å². The summed E-state index contributed by atoms with van der Waals surface area (Å²) in [5.74, 6) is -1.02. The molecule has 78 valence electrons. The summed E-state index contributed by atoms with van der Waals surface area (Å²) in [6.45, 7) is 0. The molecule has 0 aliphatic rings. The Labute approximate surface area is 83.5 Å². The van der Waals surface area contributed by atoms with Crippen LogP contribution in [-0.2, 0) is 0 Å². The molecule has 0 aliphatic heterocycles. The van der Waals surface area contributed by atoms with Gasteiger partial charge in [-0.15, -0.1) is 0 Å². The topological polar surface area (TPSA) is 110 Å². The molecule has 2 N–H and O–H groups in total. The Kier molecular flexibility index (Phi) is 2.97. The zero-order valence-electron chi connectivity index (χ0n) is 7.34. The van der Waals surface area contributed by atoms with Crippen molar-refractivity contribution >= 4 is 17.7 Å². The molecule has 15 heavy (non-hydrogen) atoms. The van der Waals surface area contributed by atoms with Crippen LogP contribution in [0, 0.1) is 10.1 Å². The number of hydrogen-bond acceptors (Lipinski definition) is 4. The summed E-state index contributed by atoms with van der Waals surface area (Å²) in [4.78, 5) is 31.1. The summed E-state index contributed by atoms with van der Waals surface area (Å²) in [5.41, 5.74) is -0.721. The summed E-state index contributed by atoms with van der Waals surface area (Å²) in [6.07, 6.45) is -1.56. The SMILES string of the molecule is O=C(O)NC(=O)c1ccccc1[N+](=O)[O-]. The van der Waals surface area contributed by atoms with E-state index >= 15 is 0 Å². The number of para-hydroxylation sites is 1. The lowest BCUT2D eigenvalue weighted by Gasteiger charge is -2.00. The van der Waals surface area contributed by atoms with Gasteiger partial charge >= 0.3 is 6.09 Å². The maximum atomic E-state index is 11.2. The van der Waals surface area contributed by atoms with Gasteiger partial charge in [0.15, 0.2) is 0 Å². The first-order valence-electron chi connectivity index (χ1n) is 3.80. The molecule has 0 saturated carbocycles. The van der Waals surface area contributed by atoms with E-state index in [1.54, 1.807) is 0 Å². The van der Waals surface area contributed by atoms with Crippen molar-refractivity contribution in [1.29, 1.82) is 0 Å². The Morgan fingerprint density at radius 1 is 1.33 bits per heavy atom. The monoisotopic (exact) mass is 210 g/mol. The number of nitro groups is 1. The predicted molar refractivity (Wildman–Crippen MR) is 48.6 cm³/mol. The Hall–Kier alpha value is -2.44. The maximum Gasteiger partial charge on any atom is 0.411 e. The summed E-state index contributed by atoms with van der Waals surface area (Å²) in [5, 5.41) is 20.3. The van der Waals surface area contributed by atoms with E-state index in [1.165, 1.54) is 23.5 Å². The second-order valence-electron chi connectivity index (χ2n) is 2.53. The summed E-state index contributed by atoms with van der Waals surface area (Å²) in [7, 11) is 0. The zero-order valence-corrected chi connectivity index (χ0v) is 7.34. The molecule has 1 aromatic carbocycles. The fourth-order valence-corrected chi connectivity index (χ4v) is 0.989. The van der Waals surface area contributed by atoms with Gasteiger partial charge in [0.2, 0.25) is 0 Å². The Balaban J connectivity index is 3.08. The molecule has 7 nitrogen and oxygen atoms in total. The molecule has 0 saturated heterocycles. The van der Waals surface area contributed by atoms with Gasteiger partial charge in [0.25, 0.3) is 11.6 Å². The van der Waals surface area contributed by atoms with Gasteiger partial charge in [-0.1, -0.05) is 12.1 Å². The molecule has 0 heterocycles. The highest BCUT2D eigenvalue weighted by molar-refractivity contribution is 6.04. The van der Waals surface area contributed by atoms with Crippen LogP contribution in [0.4, 0.5) is 10.5 Å². The van der Waals surface area contributed by atoms with Gasteiger partial charge in [0.1, 0.15) is 5.56 Å². The van der Waals surface area contributed by atoms with E-state index < -0.39 is 22.6 Å². The minimum Gasteiger partial charge on any atom is -0.465 e. The van der Waals surface area contributed by atoms with Gasteiger partial charge in [-0.05, 0) is 6.07 Å². The first kappa shape index (κ1) is 10.6. The summed E-state index contributed by atoms with van der Waals surface area (Å²) in [6, 6.07) is 5.09. The van der Waals surface area contributed by atoms with Gasteiger partial charge in [0, 0.05) is 6.07 Å². The van der Waals surface area contributed by atoms with Crippen LogP contribution in [0.25, 0.3) is 0 Å². The fourth-order valence-electron chi connectivity index (χ4n) is 0.989. The van der Waals surface area contributed by atoms with Crippen LogP contribution >= 0.6 is 0 Å². The third-order valence-electron chi connectivity index (χ3n) is 1.57. The van der Waals surface area contributed by atoms with Crippen LogP contribution in [0.1, 0.15) is 10.4 Å². The highest BCUT2D eigenvalue weighted by atomic mass is 16.6. The van der Waals surface area contributed by atoms with Crippen LogP contribution in [0.5, 0.6) is 0 Å². The standard InChI is InChI=1S/C8H6N2O5/c11-7(9-8(12)13)5-3-1-2-4-6(5)10(14)15/h1-4H,(H,9,11)(H,12,13). The third kappa shape index (κ3) is 2.50. The largest absolute Gasteiger partial charge is 0.465 e. The molecule has 1 aromatic rings. The summed E-state index contributed by atoms with van der Waals surface area (Å²) < 4.78 is 0. The number of carbonyl (C=O) groups is 2. The Bertz CT molecular complexity index is 429. The minimum atomic E-state index is -1.56. The van der Waals surface area contributed by atoms with Crippen LogP contribution in [0.2, 0.25) is 0 Å².